The van der Waals surface area contributed by atoms with Crippen molar-refractivity contribution < 1.29 is 32.2 Å². The van der Waals surface area contributed by atoms with Crippen molar-refractivity contribution in [2.24, 2.45) is 0 Å². The van der Waals surface area contributed by atoms with Crippen LogP contribution in [-0.4, -0.2) is 37.1 Å². The van der Waals surface area contributed by atoms with Crippen LogP contribution >= 0.6 is 11.6 Å². The van der Waals surface area contributed by atoms with Crippen LogP contribution in [0.15, 0.2) is 24.3 Å². The molecule has 6 nitrogen and oxygen atoms in total. The summed E-state index contributed by atoms with van der Waals surface area (Å²) in [6.07, 6.45) is -6.69. The van der Waals surface area contributed by atoms with E-state index in [1.165, 1.54) is 43.4 Å². The molecule has 0 radical (unpaired) electrons. The van der Waals surface area contributed by atoms with E-state index >= 15 is 0 Å². The standard InChI is InChI=1S/C14H16ClF3N2O4/c1-3-23-11(21)13(14(16,17)18,20-12(22)24-4-2)19-10-8-6-5-7-9(10)15/h5-8,19H,3-4H2,1-2H3,(H,20,22). The van der Waals surface area contributed by atoms with Crippen molar-refractivity contribution in [3.05, 3.63) is 29.3 Å². The first kappa shape index (κ1) is 19.9. The van der Waals surface area contributed by atoms with E-state index < -0.39 is 23.9 Å². The molecular formula is C14H16ClF3N2O4. The number of benzene rings is 1. The Bertz CT molecular complexity index is 598. The molecule has 1 aromatic carbocycles. The second-order valence-corrected chi connectivity index (χ2v) is 4.83. The Morgan fingerprint density at radius 2 is 1.71 bits per heavy atom. The van der Waals surface area contributed by atoms with Crippen LogP contribution in [0, 0.1) is 0 Å². The van der Waals surface area contributed by atoms with E-state index in [0.29, 0.717) is 0 Å². The maximum Gasteiger partial charge on any atom is 0.442 e. The maximum atomic E-state index is 13.7. The lowest BCUT2D eigenvalue weighted by Crippen LogP contribution is -2.69. The number of nitrogens with one attached hydrogen (secondary N) is 2. The minimum absolute atomic E-state index is 0.0823. The number of hydrogen-bond donors (Lipinski definition) is 2. The van der Waals surface area contributed by atoms with Gasteiger partial charge in [-0.1, -0.05) is 23.7 Å². The van der Waals surface area contributed by atoms with Crippen LogP contribution in [0.1, 0.15) is 13.8 Å². The Kier molecular flexibility index (Phi) is 6.70. The number of carbonyl (C=O) groups is 2. The van der Waals surface area contributed by atoms with E-state index in [-0.39, 0.29) is 23.9 Å². The van der Waals surface area contributed by atoms with Crippen molar-refractivity contribution in [1.82, 2.24) is 5.32 Å². The third-order valence-corrected chi connectivity index (χ3v) is 3.10. The maximum absolute atomic E-state index is 13.7. The third kappa shape index (κ3) is 4.44. The second kappa shape index (κ2) is 8.09. The van der Waals surface area contributed by atoms with Gasteiger partial charge in [0.15, 0.2) is 0 Å². The number of alkyl halides is 3. The molecule has 1 rings (SSSR count). The minimum atomic E-state index is -5.24. The number of ether oxygens (including phenoxy) is 2. The molecule has 10 heteroatoms. The van der Waals surface area contributed by atoms with E-state index in [1.54, 1.807) is 0 Å². The number of alkyl carbamates (subject to hydrolysis) is 1. The monoisotopic (exact) mass is 368 g/mol. The number of hydrogen-bond acceptors (Lipinski definition) is 5. The predicted octanol–water partition coefficient (Wildman–Crippen LogP) is 3.32. The zero-order valence-corrected chi connectivity index (χ0v) is 13.6. The van der Waals surface area contributed by atoms with E-state index in [1.807, 2.05) is 5.32 Å². The SMILES string of the molecule is CCOC(=O)NC(Nc1ccccc1Cl)(C(=O)OCC)C(F)(F)F. The van der Waals surface area contributed by atoms with Crippen LogP contribution in [0.25, 0.3) is 0 Å². The highest BCUT2D eigenvalue weighted by atomic mass is 35.5. The molecule has 0 bridgehead atoms. The van der Waals surface area contributed by atoms with Crippen molar-refractivity contribution in [1.29, 1.82) is 0 Å². The molecule has 2 N–H and O–H groups in total. The van der Waals surface area contributed by atoms with Gasteiger partial charge in [0.1, 0.15) is 0 Å². The van der Waals surface area contributed by atoms with Gasteiger partial charge in [0.05, 0.1) is 23.9 Å². The summed E-state index contributed by atoms with van der Waals surface area (Å²) >= 11 is 5.83. The molecule has 134 valence electrons. The predicted molar refractivity (Wildman–Crippen MR) is 80.7 cm³/mol. The molecule has 0 fully saturated rings. The third-order valence-electron chi connectivity index (χ3n) is 2.77. The lowest BCUT2D eigenvalue weighted by molar-refractivity contribution is -0.205. The molecule has 0 aliphatic heterocycles. The van der Waals surface area contributed by atoms with Gasteiger partial charge in [0.25, 0.3) is 0 Å². The highest BCUT2D eigenvalue weighted by Crippen LogP contribution is 2.35. The number of anilines is 1. The van der Waals surface area contributed by atoms with Crippen molar-refractivity contribution in [3.63, 3.8) is 0 Å². The zero-order valence-electron chi connectivity index (χ0n) is 12.9. The quantitative estimate of drug-likeness (QED) is 0.595. The zero-order chi connectivity index (χ0) is 18.4. The molecule has 0 aliphatic carbocycles. The lowest BCUT2D eigenvalue weighted by atomic mass is 10.1. The minimum Gasteiger partial charge on any atom is -0.463 e. The van der Waals surface area contributed by atoms with Gasteiger partial charge in [-0.05, 0) is 26.0 Å². The Labute approximate surface area is 141 Å². The Morgan fingerprint density at radius 1 is 1.12 bits per heavy atom. The van der Waals surface area contributed by atoms with Gasteiger partial charge < -0.3 is 14.8 Å². The van der Waals surface area contributed by atoms with Gasteiger partial charge >= 0.3 is 23.9 Å². The van der Waals surface area contributed by atoms with Gasteiger partial charge in [-0.15, -0.1) is 0 Å². The summed E-state index contributed by atoms with van der Waals surface area (Å²) in [6.45, 7) is 2.22. The fourth-order valence-corrected chi connectivity index (χ4v) is 1.90. The van der Waals surface area contributed by atoms with E-state index in [0.717, 1.165) is 0 Å². The Hall–Kier alpha value is -2.16. The van der Waals surface area contributed by atoms with Crippen molar-refractivity contribution in [2.75, 3.05) is 18.5 Å². The van der Waals surface area contributed by atoms with Gasteiger partial charge in [-0.2, -0.15) is 13.2 Å². The van der Waals surface area contributed by atoms with E-state index in [4.69, 9.17) is 11.6 Å². The topological polar surface area (TPSA) is 76.7 Å². The highest BCUT2D eigenvalue weighted by Gasteiger charge is 2.64. The van der Waals surface area contributed by atoms with Crippen molar-refractivity contribution in [3.8, 4) is 0 Å². The summed E-state index contributed by atoms with van der Waals surface area (Å²) in [7, 11) is 0. The fourth-order valence-electron chi connectivity index (χ4n) is 1.71. The molecule has 0 spiro atoms. The number of para-hydroxylation sites is 1. The Morgan fingerprint density at radius 3 is 2.21 bits per heavy atom. The summed E-state index contributed by atoms with van der Waals surface area (Å²) in [5.74, 6) is -1.74. The molecule has 1 atom stereocenters. The molecule has 0 aromatic heterocycles. The molecule has 1 amide bonds. The average Bonchev–Trinajstić information content (AvgIpc) is 2.48. The normalized spacial score (nSPS) is 13.6. The first-order valence-corrected chi connectivity index (χ1v) is 7.27. The number of carbonyl (C=O) groups excluding carboxylic acids is 2. The molecule has 24 heavy (non-hydrogen) atoms. The molecule has 1 unspecified atom stereocenters. The average molecular weight is 369 g/mol. The summed E-state index contributed by atoms with van der Waals surface area (Å²) in [6, 6.07) is 5.44. The Balaban J connectivity index is 3.37. The van der Waals surface area contributed by atoms with Crippen molar-refractivity contribution in [2.45, 2.75) is 25.7 Å². The summed E-state index contributed by atoms with van der Waals surface area (Å²) in [4.78, 5) is 23.6. The smallest absolute Gasteiger partial charge is 0.442 e. The first-order chi connectivity index (χ1) is 11.2. The van der Waals surface area contributed by atoms with Gasteiger partial charge in [-0.3, -0.25) is 5.32 Å². The van der Waals surface area contributed by atoms with Crippen LogP contribution in [0.4, 0.5) is 23.7 Å². The largest absolute Gasteiger partial charge is 0.463 e. The van der Waals surface area contributed by atoms with Gasteiger partial charge in [-0.25, -0.2) is 9.59 Å². The molecule has 0 heterocycles. The highest BCUT2D eigenvalue weighted by molar-refractivity contribution is 6.33. The van der Waals surface area contributed by atoms with Crippen LogP contribution in [-0.2, 0) is 14.3 Å². The van der Waals surface area contributed by atoms with Crippen molar-refractivity contribution >= 4 is 29.4 Å². The van der Waals surface area contributed by atoms with Crippen LogP contribution < -0.4 is 10.6 Å². The number of amides is 1. The first-order valence-electron chi connectivity index (χ1n) is 6.89. The van der Waals surface area contributed by atoms with Crippen LogP contribution in [0.2, 0.25) is 5.02 Å². The lowest BCUT2D eigenvalue weighted by Gasteiger charge is -2.35. The van der Waals surface area contributed by atoms with Gasteiger partial charge in [0, 0.05) is 0 Å². The van der Waals surface area contributed by atoms with Gasteiger partial charge in [0.2, 0.25) is 0 Å². The van der Waals surface area contributed by atoms with E-state index in [9.17, 15) is 22.8 Å². The summed E-state index contributed by atoms with van der Waals surface area (Å²) < 4.78 is 50.0. The summed E-state index contributed by atoms with van der Waals surface area (Å²) in [5, 5.41) is 3.35. The summed E-state index contributed by atoms with van der Waals surface area (Å²) in [5.41, 5.74) is -3.78. The molecule has 0 saturated carbocycles. The molecule has 1 aromatic rings. The van der Waals surface area contributed by atoms with Crippen LogP contribution in [0.5, 0.6) is 0 Å². The number of rotatable bonds is 6. The van der Waals surface area contributed by atoms with E-state index in [2.05, 4.69) is 9.47 Å². The molecular weight excluding hydrogens is 353 g/mol. The number of esters is 1. The molecule has 0 saturated heterocycles. The number of halogens is 4. The van der Waals surface area contributed by atoms with Crippen LogP contribution in [0.3, 0.4) is 0 Å². The molecule has 0 aliphatic rings. The fraction of sp³-hybridized carbons (Fsp3) is 0.429. The second-order valence-electron chi connectivity index (χ2n) is 4.42.